The maximum Gasteiger partial charge on any atom is 0.136 e. The van der Waals surface area contributed by atoms with Gasteiger partial charge in [-0.1, -0.05) is 194 Å². The SMILES string of the molecule is c1cc(-c2cccc3oc4ccccc4c23)cc(N(c2ccc(-c3ccc(-c4ccc5ccccc5c4)cc3)cc2)c2ccc(-c3ccc(-c4cccc5ccccc45)cc3)cc2)c1. The molecule has 0 saturated carbocycles. The lowest BCUT2D eigenvalue weighted by atomic mass is 9.96. The van der Waals surface area contributed by atoms with Gasteiger partial charge in [0, 0.05) is 27.8 Å². The number of hydrogen-bond acceptors (Lipinski definition) is 2. The molecule has 0 bridgehead atoms. The maximum absolute atomic E-state index is 6.31. The second-order valence-electron chi connectivity index (χ2n) is 16.5. The summed E-state index contributed by atoms with van der Waals surface area (Å²) in [6.45, 7) is 0. The fraction of sp³-hybridized carbons (Fsp3) is 0. The van der Waals surface area contributed by atoms with E-state index in [9.17, 15) is 0 Å². The molecule has 300 valence electrons. The highest BCUT2D eigenvalue weighted by Crippen LogP contribution is 2.42. The maximum atomic E-state index is 6.31. The third-order valence-electron chi connectivity index (χ3n) is 12.7. The van der Waals surface area contributed by atoms with Crippen LogP contribution in [0.1, 0.15) is 0 Å². The van der Waals surface area contributed by atoms with E-state index in [1.54, 1.807) is 0 Å². The lowest BCUT2D eigenvalue weighted by Gasteiger charge is -2.26. The molecule has 0 spiro atoms. The summed E-state index contributed by atoms with van der Waals surface area (Å²) in [5.74, 6) is 0. The van der Waals surface area contributed by atoms with Crippen molar-refractivity contribution in [1.82, 2.24) is 0 Å². The van der Waals surface area contributed by atoms with Gasteiger partial charge in [0.2, 0.25) is 0 Å². The molecule has 0 atom stereocenters. The molecule has 0 aliphatic heterocycles. The Morgan fingerprint density at radius 3 is 1.44 bits per heavy atom. The normalized spacial score (nSPS) is 11.4. The minimum Gasteiger partial charge on any atom is -0.456 e. The second-order valence-corrected chi connectivity index (χ2v) is 16.5. The first-order chi connectivity index (χ1) is 31.7. The molecular weight excluding hydrogens is 775 g/mol. The summed E-state index contributed by atoms with van der Waals surface area (Å²) in [5, 5.41) is 7.28. The number of furan rings is 1. The van der Waals surface area contributed by atoms with Crippen molar-refractivity contribution in [3.8, 4) is 55.6 Å². The van der Waals surface area contributed by atoms with Crippen molar-refractivity contribution in [3.05, 3.63) is 249 Å². The third kappa shape index (κ3) is 6.79. The molecule has 0 unspecified atom stereocenters. The Kier molecular flexibility index (Phi) is 9.20. The van der Waals surface area contributed by atoms with Crippen LogP contribution < -0.4 is 4.90 Å². The fourth-order valence-corrected chi connectivity index (χ4v) is 9.42. The molecule has 0 amide bonds. The number of fused-ring (bicyclic) bond motifs is 5. The monoisotopic (exact) mass is 815 g/mol. The van der Waals surface area contributed by atoms with E-state index in [0.29, 0.717) is 0 Å². The van der Waals surface area contributed by atoms with Crippen molar-refractivity contribution in [2.45, 2.75) is 0 Å². The minimum atomic E-state index is 0.891. The lowest BCUT2D eigenvalue weighted by Crippen LogP contribution is -2.10. The first-order valence-corrected chi connectivity index (χ1v) is 21.9. The van der Waals surface area contributed by atoms with Gasteiger partial charge in [-0.3, -0.25) is 0 Å². The molecule has 0 fully saturated rings. The van der Waals surface area contributed by atoms with E-state index in [0.717, 1.165) is 50.1 Å². The van der Waals surface area contributed by atoms with E-state index in [4.69, 9.17) is 4.42 Å². The highest BCUT2D eigenvalue weighted by atomic mass is 16.3. The summed E-state index contributed by atoms with van der Waals surface area (Å²) in [7, 11) is 0. The molecular formula is C62H41NO. The molecule has 2 nitrogen and oxygen atoms in total. The smallest absolute Gasteiger partial charge is 0.136 e. The van der Waals surface area contributed by atoms with Crippen molar-refractivity contribution < 1.29 is 4.42 Å². The topological polar surface area (TPSA) is 16.4 Å². The van der Waals surface area contributed by atoms with Gasteiger partial charge >= 0.3 is 0 Å². The average Bonchev–Trinajstić information content (AvgIpc) is 3.76. The molecule has 0 aliphatic rings. The fourth-order valence-electron chi connectivity index (χ4n) is 9.42. The largest absolute Gasteiger partial charge is 0.456 e. The zero-order valence-corrected chi connectivity index (χ0v) is 35.0. The van der Waals surface area contributed by atoms with E-state index in [-0.39, 0.29) is 0 Å². The van der Waals surface area contributed by atoms with Gasteiger partial charge in [-0.05, 0) is 132 Å². The zero-order chi connectivity index (χ0) is 42.4. The molecule has 0 aliphatic carbocycles. The summed E-state index contributed by atoms with van der Waals surface area (Å²) in [6, 6.07) is 89.7. The van der Waals surface area contributed by atoms with Crippen LogP contribution in [0, 0.1) is 0 Å². The van der Waals surface area contributed by atoms with Crippen molar-refractivity contribution in [2.24, 2.45) is 0 Å². The molecule has 64 heavy (non-hydrogen) atoms. The van der Waals surface area contributed by atoms with Crippen molar-refractivity contribution >= 4 is 60.5 Å². The third-order valence-corrected chi connectivity index (χ3v) is 12.7. The van der Waals surface area contributed by atoms with Crippen LogP contribution in [0.25, 0.3) is 99.1 Å². The number of anilines is 3. The van der Waals surface area contributed by atoms with Crippen LogP contribution in [0.3, 0.4) is 0 Å². The predicted octanol–water partition coefficient (Wildman–Crippen LogP) is 17.7. The van der Waals surface area contributed by atoms with Crippen LogP contribution in [-0.2, 0) is 0 Å². The summed E-state index contributed by atoms with van der Waals surface area (Å²) < 4.78 is 6.31. The van der Waals surface area contributed by atoms with E-state index >= 15 is 0 Å². The summed E-state index contributed by atoms with van der Waals surface area (Å²) in [6.07, 6.45) is 0. The Morgan fingerprint density at radius 2 is 0.734 bits per heavy atom. The van der Waals surface area contributed by atoms with E-state index in [1.165, 1.54) is 66.1 Å². The average molecular weight is 816 g/mol. The molecule has 0 saturated heterocycles. The molecule has 0 N–H and O–H groups in total. The summed E-state index contributed by atoms with van der Waals surface area (Å²) in [5.41, 5.74) is 16.9. The first-order valence-electron chi connectivity index (χ1n) is 21.9. The van der Waals surface area contributed by atoms with E-state index < -0.39 is 0 Å². The Bertz CT molecular complexity index is 3630. The van der Waals surface area contributed by atoms with Gasteiger partial charge in [-0.2, -0.15) is 0 Å². The van der Waals surface area contributed by atoms with E-state index in [1.807, 2.05) is 12.1 Å². The molecule has 1 heterocycles. The van der Waals surface area contributed by atoms with Crippen molar-refractivity contribution in [1.29, 1.82) is 0 Å². The quantitative estimate of drug-likeness (QED) is 0.152. The molecule has 11 aromatic carbocycles. The van der Waals surface area contributed by atoms with Gasteiger partial charge in [0.25, 0.3) is 0 Å². The van der Waals surface area contributed by atoms with E-state index in [2.05, 4.69) is 241 Å². The Labute approximate surface area is 372 Å². The number of nitrogens with zero attached hydrogens (tertiary/aromatic N) is 1. The van der Waals surface area contributed by atoms with Gasteiger partial charge in [0.1, 0.15) is 11.2 Å². The minimum absolute atomic E-state index is 0.891. The first kappa shape index (κ1) is 37.3. The predicted molar refractivity (Wildman–Crippen MR) is 271 cm³/mol. The molecule has 1 aromatic heterocycles. The lowest BCUT2D eigenvalue weighted by molar-refractivity contribution is 0.669. The number of benzene rings is 11. The Balaban J connectivity index is 0.898. The van der Waals surface area contributed by atoms with Crippen LogP contribution >= 0.6 is 0 Å². The summed E-state index contributed by atoms with van der Waals surface area (Å²) in [4.78, 5) is 2.36. The second kappa shape index (κ2) is 15.8. The van der Waals surface area contributed by atoms with Crippen LogP contribution in [-0.4, -0.2) is 0 Å². The van der Waals surface area contributed by atoms with Gasteiger partial charge in [0.15, 0.2) is 0 Å². The van der Waals surface area contributed by atoms with Gasteiger partial charge in [-0.15, -0.1) is 0 Å². The van der Waals surface area contributed by atoms with Crippen molar-refractivity contribution in [3.63, 3.8) is 0 Å². The van der Waals surface area contributed by atoms with Crippen LogP contribution in [0.2, 0.25) is 0 Å². The Hall–Kier alpha value is -8.46. The highest BCUT2D eigenvalue weighted by Gasteiger charge is 2.17. The number of rotatable bonds is 8. The highest BCUT2D eigenvalue weighted by molar-refractivity contribution is 6.12. The Morgan fingerprint density at radius 1 is 0.250 bits per heavy atom. The van der Waals surface area contributed by atoms with Crippen LogP contribution in [0.15, 0.2) is 253 Å². The number of para-hydroxylation sites is 1. The molecule has 12 aromatic rings. The molecule has 0 radical (unpaired) electrons. The van der Waals surface area contributed by atoms with Crippen LogP contribution in [0.5, 0.6) is 0 Å². The molecule has 12 rings (SSSR count). The summed E-state index contributed by atoms with van der Waals surface area (Å²) >= 11 is 0. The number of hydrogen-bond donors (Lipinski definition) is 0. The van der Waals surface area contributed by atoms with Crippen molar-refractivity contribution in [2.75, 3.05) is 4.90 Å². The van der Waals surface area contributed by atoms with Crippen LogP contribution in [0.4, 0.5) is 17.1 Å². The van der Waals surface area contributed by atoms with Gasteiger partial charge < -0.3 is 9.32 Å². The van der Waals surface area contributed by atoms with Gasteiger partial charge in [-0.25, -0.2) is 0 Å². The zero-order valence-electron chi connectivity index (χ0n) is 35.0. The molecule has 2 heteroatoms. The standard InChI is InChI=1S/C62H41NO/c1-2-12-50-40-51(31-28-42(50)10-1)47-24-22-43(23-25-47)45-32-36-53(37-33-45)63(55-15-7-14-52(41-55)58-19-9-21-61-62(58)59-17-5-6-20-60(59)64-61)54-38-34-46(35-39-54)44-26-29-49(30-27-44)57-18-8-13-48-11-3-4-16-56(48)57/h1-41H. The van der Waals surface area contributed by atoms with Gasteiger partial charge in [0.05, 0.1) is 0 Å².